The Labute approximate surface area is 180 Å². The van der Waals surface area contributed by atoms with E-state index in [1.165, 1.54) is 0 Å². The summed E-state index contributed by atoms with van der Waals surface area (Å²) in [5.74, 6) is 0.131. The summed E-state index contributed by atoms with van der Waals surface area (Å²) < 4.78 is 9.98. The number of ether oxygens (including phenoxy) is 2. The number of hydrogen-bond donors (Lipinski definition) is 1. The van der Waals surface area contributed by atoms with E-state index in [4.69, 9.17) is 4.74 Å². The van der Waals surface area contributed by atoms with Gasteiger partial charge in [0.05, 0.1) is 6.04 Å². The predicted molar refractivity (Wildman–Crippen MR) is 117 cm³/mol. The van der Waals surface area contributed by atoms with Gasteiger partial charge in [-0.2, -0.15) is 0 Å². The molecule has 0 aromatic heterocycles. The van der Waals surface area contributed by atoms with Crippen LogP contribution in [0.3, 0.4) is 0 Å². The molecule has 7 nitrogen and oxygen atoms in total. The number of aliphatic hydroxyl groups excluding tert-OH is 1. The van der Waals surface area contributed by atoms with Crippen molar-refractivity contribution < 1.29 is 24.2 Å². The molecule has 3 rings (SSSR count). The molecule has 2 saturated heterocycles. The lowest BCUT2D eigenvalue weighted by Crippen LogP contribution is -2.39. The third kappa shape index (κ3) is 7.61. The molecular formula is C23H38N2O5. The predicted octanol–water partition coefficient (Wildman–Crippen LogP) is 3.30. The van der Waals surface area contributed by atoms with Crippen molar-refractivity contribution in [3.05, 3.63) is 35.9 Å². The maximum Gasteiger partial charge on any atom is 0.410 e. The summed E-state index contributed by atoms with van der Waals surface area (Å²) in [6, 6.07) is 10.1. The van der Waals surface area contributed by atoms with Gasteiger partial charge < -0.3 is 24.4 Å². The Hall–Kier alpha value is -2.12. The maximum atomic E-state index is 12.3. The number of amides is 1. The molecule has 30 heavy (non-hydrogen) atoms. The van der Waals surface area contributed by atoms with Crippen LogP contribution in [-0.4, -0.2) is 71.9 Å². The quantitative estimate of drug-likeness (QED) is 0.750. The van der Waals surface area contributed by atoms with Crippen molar-refractivity contribution in [2.24, 2.45) is 5.92 Å². The number of likely N-dealkylation sites (tertiary alicyclic amines) is 2. The third-order valence-electron chi connectivity index (χ3n) is 5.07. The standard InChI is InChI=1S/C16H22N2O3.C5H10O2.C2H6/c1-17-8-7-14-15(17)13(10-19)9-18(14)16(20)21-11-12-5-3-2-4-6-12;1-5(2,3)7-4-6;1-2/h2-6,13-15,19H,7-11H2,1H3;4H,1-3H3;1-2H3/t13-,14?,15?;;/m1../s1. The van der Waals surface area contributed by atoms with Crippen molar-refractivity contribution in [3.8, 4) is 0 Å². The molecule has 0 spiro atoms. The van der Waals surface area contributed by atoms with Crippen LogP contribution in [0.25, 0.3) is 0 Å². The van der Waals surface area contributed by atoms with Crippen molar-refractivity contribution in [3.63, 3.8) is 0 Å². The molecule has 1 aromatic rings. The van der Waals surface area contributed by atoms with Gasteiger partial charge in [-0.05, 0) is 39.8 Å². The van der Waals surface area contributed by atoms with Crippen molar-refractivity contribution in [2.75, 3.05) is 26.7 Å². The minimum absolute atomic E-state index is 0.119. The van der Waals surface area contributed by atoms with Gasteiger partial charge in [0.15, 0.2) is 0 Å². The van der Waals surface area contributed by atoms with Gasteiger partial charge in [-0.3, -0.25) is 4.79 Å². The highest BCUT2D eigenvalue weighted by Gasteiger charge is 2.49. The molecule has 0 radical (unpaired) electrons. The lowest BCUT2D eigenvalue weighted by atomic mass is 10.0. The molecule has 1 amide bonds. The fraction of sp³-hybridized carbons (Fsp3) is 0.652. The van der Waals surface area contributed by atoms with E-state index in [0.29, 0.717) is 19.6 Å². The SMILES string of the molecule is CC.CC(C)(C)OC=O.CN1CCC2C1[C@@H](CO)CN2C(=O)OCc1ccccc1. The number of hydrogen-bond acceptors (Lipinski definition) is 6. The minimum Gasteiger partial charge on any atom is -0.462 e. The second kappa shape index (κ2) is 12.5. The molecule has 0 bridgehead atoms. The zero-order valence-corrected chi connectivity index (χ0v) is 19.2. The maximum absolute atomic E-state index is 12.3. The van der Waals surface area contributed by atoms with Crippen LogP contribution in [0.4, 0.5) is 4.79 Å². The first kappa shape index (κ1) is 25.9. The Morgan fingerprint density at radius 1 is 1.23 bits per heavy atom. The first-order chi connectivity index (χ1) is 14.3. The van der Waals surface area contributed by atoms with Gasteiger partial charge in [-0.15, -0.1) is 0 Å². The van der Waals surface area contributed by atoms with Crippen LogP contribution in [0.2, 0.25) is 0 Å². The van der Waals surface area contributed by atoms with E-state index in [9.17, 15) is 14.7 Å². The summed E-state index contributed by atoms with van der Waals surface area (Å²) in [4.78, 5) is 26.0. The molecule has 0 aliphatic carbocycles. The van der Waals surface area contributed by atoms with Crippen molar-refractivity contribution >= 4 is 12.6 Å². The smallest absolute Gasteiger partial charge is 0.410 e. The topological polar surface area (TPSA) is 79.3 Å². The molecule has 0 saturated carbocycles. The lowest BCUT2D eigenvalue weighted by Gasteiger charge is -2.24. The van der Waals surface area contributed by atoms with Crippen molar-refractivity contribution in [1.29, 1.82) is 0 Å². The summed E-state index contributed by atoms with van der Waals surface area (Å²) in [5, 5.41) is 9.53. The zero-order chi connectivity index (χ0) is 22.7. The Morgan fingerprint density at radius 3 is 2.37 bits per heavy atom. The Morgan fingerprint density at radius 2 is 1.87 bits per heavy atom. The largest absolute Gasteiger partial charge is 0.462 e. The highest BCUT2D eigenvalue weighted by molar-refractivity contribution is 5.69. The van der Waals surface area contributed by atoms with E-state index in [-0.39, 0.29) is 36.3 Å². The molecule has 170 valence electrons. The van der Waals surface area contributed by atoms with Crippen molar-refractivity contribution in [2.45, 2.75) is 65.3 Å². The van der Waals surface area contributed by atoms with Gasteiger partial charge in [0, 0.05) is 31.7 Å². The number of aliphatic hydroxyl groups is 1. The molecule has 2 aliphatic rings. The first-order valence-corrected chi connectivity index (χ1v) is 10.7. The Bertz CT molecular complexity index is 632. The van der Waals surface area contributed by atoms with Gasteiger partial charge in [0.2, 0.25) is 0 Å². The fourth-order valence-corrected chi connectivity index (χ4v) is 3.78. The molecular weight excluding hydrogens is 384 g/mol. The zero-order valence-electron chi connectivity index (χ0n) is 19.2. The monoisotopic (exact) mass is 422 g/mol. The van der Waals surface area contributed by atoms with E-state index in [2.05, 4.69) is 16.7 Å². The molecule has 1 aromatic carbocycles. The van der Waals surface area contributed by atoms with Crippen LogP contribution in [0.15, 0.2) is 30.3 Å². The Kier molecular flexibility index (Phi) is 10.8. The van der Waals surface area contributed by atoms with Crippen molar-refractivity contribution in [1.82, 2.24) is 9.80 Å². The molecule has 1 N–H and O–H groups in total. The number of rotatable bonds is 4. The highest BCUT2D eigenvalue weighted by atomic mass is 16.6. The second-order valence-corrected chi connectivity index (χ2v) is 8.29. The van der Waals surface area contributed by atoms with E-state index in [1.807, 2.05) is 65.0 Å². The van der Waals surface area contributed by atoms with Gasteiger partial charge >= 0.3 is 6.09 Å². The number of likely N-dealkylation sites (N-methyl/N-ethyl adjacent to an activating group) is 1. The summed E-state index contributed by atoms with van der Waals surface area (Å²) >= 11 is 0. The van der Waals surface area contributed by atoms with E-state index in [1.54, 1.807) is 4.90 Å². The van der Waals surface area contributed by atoms with E-state index >= 15 is 0 Å². The number of carbonyl (C=O) groups excluding carboxylic acids is 2. The molecule has 2 heterocycles. The van der Waals surface area contributed by atoms with Crippen LogP contribution in [0.5, 0.6) is 0 Å². The third-order valence-corrected chi connectivity index (χ3v) is 5.07. The summed E-state index contributed by atoms with van der Waals surface area (Å²) in [6.07, 6.45) is 0.693. The molecule has 2 unspecified atom stereocenters. The fourth-order valence-electron chi connectivity index (χ4n) is 3.78. The van der Waals surface area contributed by atoms with Gasteiger partial charge in [0.1, 0.15) is 12.2 Å². The summed E-state index contributed by atoms with van der Waals surface area (Å²) in [6.45, 7) is 11.9. The first-order valence-electron chi connectivity index (χ1n) is 10.7. The highest BCUT2D eigenvalue weighted by Crippen LogP contribution is 2.34. The lowest BCUT2D eigenvalue weighted by molar-refractivity contribution is -0.138. The molecule has 2 fully saturated rings. The number of carbonyl (C=O) groups is 2. The average molecular weight is 423 g/mol. The van der Waals surface area contributed by atoms with Crippen LogP contribution < -0.4 is 0 Å². The molecule has 2 aliphatic heterocycles. The number of nitrogens with zero attached hydrogens (tertiary/aromatic N) is 2. The summed E-state index contributed by atoms with van der Waals surface area (Å²) in [7, 11) is 2.06. The van der Waals surface area contributed by atoms with Crippen LogP contribution in [0, 0.1) is 5.92 Å². The van der Waals surface area contributed by atoms with E-state index in [0.717, 1.165) is 18.5 Å². The van der Waals surface area contributed by atoms with Gasteiger partial charge in [-0.25, -0.2) is 4.79 Å². The molecule has 7 heteroatoms. The second-order valence-electron chi connectivity index (χ2n) is 8.29. The normalized spacial score (nSPS) is 22.8. The number of benzene rings is 1. The van der Waals surface area contributed by atoms with E-state index < -0.39 is 0 Å². The van der Waals surface area contributed by atoms with Crippen LogP contribution in [0.1, 0.15) is 46.6 Å². The summed E-state index contributed by atoms with van der Waals surface area (Å²) in [5.41, 5.74) is 0.672. The average Bonchev–Trinajstić information content (AvgIpc) is 3.29. The number of fused-ring (bicyclic) bond motifs is 1. The van der Waals surface area contributed by atoms with Crippen LogP contribution >= 0.6 is 0 Å². The van der Waals surface area contributed by atoms with Gasteiger partial charge in [0.25, 0.3) is 6.47 Å². The minimum atomic E-state index is -0.318. The molecule has 3 atom stereocenters. The van der Waals surface area contributed by atoms with Gasteiger partial charge in [-0.1, -0.05) is 44.2 Å². The Balaban J connectivity index is 0.000000428. The van der Waals surface area contributed by atoms with Crippen LogP contribution in [-0.2, 0) is 20.9 Å².